The lowest BCUT2D eigenvalue weighted by atomic mass is 9.94. The van der Waals surface area contributed by atoms with Crippen molar-refractivity contribution in [2.24, 2.45) is 0 Å². The Morgan fingerprint density at radius 2 is 1.69 bits per heavy atom. The van der Waals surface area contributed by atoms with Gasteiger partial charge in [-0.1, -0.05) is 42.5 Å². The minimum absolute atomic E-state index is 0.233. The molecule has 0 unspecified atom stereocenters. The van der Waals surface area contributed by atoms with E-state index >= 15 is 0 Å². The fourth-order valence-corrected chi connectivity index (χ4v) is 3.59. The molecule has 0 saturated heterocycles. The minimum Gasteiger partial charge on any atom is -0.489 e. The molecule has 7 heteroatoms. The van der Waals surface area contributed by atoms with Gasteiger partial charge >= 0.3 is 0 Å². The molecule has 0 aliphatic carbocycles. The van der Waals surface area contributed by atoms with Crippen molar-refractivity contribution >= 4 is 16.7 Å². The third kappa shape index (κ3) is 3.74. The summed E-state index contributed by atoms with van der Waals surface area (Å²) in [5.41, 5.74) is 11.4. The van der Waals surface area contributed by atoms with Gasteiger partial charge in [-0.25, -0.2) is 9.97 Å². The quantitative estimate of drug-likeness (QED) is 0.447. The highest BCUT2D eigenvalue weighted by molar-refractivity contribution is 6.02. The molecular formula is C25H22N4O3. The Morgan fingerprint density at radius 1 is 0.969 bits per heavy atom. The summed E-state index contributed by atoms with van der Waals surface area (Å²) >= 11 is 0. The number of benzene rings is 3. The second-order valence-corrected chi connectivity index (χ2v) is 7.14. The maximum absolute atomic E-state index is 9.65. The van der Waals surface area contributed by atoms with E-state index < -0.39 is 0 Å². The van der Waals surface area contributed by atoms with E-state index in [9.17, 15) is 5.26 Å². The number of aromatic nitrogens is 2. The topological polar surface area (TPSA) is 103 Å². The molecule has 4 rings (SSSR count). The van der Waals surface area contributed by atoms with Crippen LogP contribution in [0, 0.1) is 18.3 Å². The summed E-state index contributed by atoms with van der Waals surface area (Å²) in [5.74, 6) is 1.19. The molecule has 0 fully saturated rings. The maximum atomic E-state index is 9.65. The van der Waals surface area contributed by atoms with Gasteiger partial charge in [-0.3, -0.25) is 0 Å². The zero-order chi connectivity index (χ0) is 22.7. The van der Waals surface area contributed by atoms with Crippen LogP contribution in [0.2, 0.25) is 0 Å². The number of anilines is 1. The predicted molar refractivity (Wildman–Crippen MR) is 123 cm³/mol. The highest BCUT2D eigenvalue weighted by Crippen LogP contribution is 2.40. The molecule has 0 aliphatic rings. The van der Waals surface area contributed by atoms with E-state index in [1.54, 1.807) is 6.07 Å². The average Bonchev–Trinajstić information content (AvgIpc) is 2.83. The lowest BCUT2D eigenvalue weighted by Crippen LogP contribution is -2.03. The van der Waals surface area contributed by atoms with Crippen molar-refractivity contribution in [2.75, 3.05) is 20.0 Å². The van der Waals surface area contributed by atoms with Gasteiger partial charge in [0.2, 0.25) is 0 Å². The summed E-state index contributed by atoms with van der Waals surface area (Å²) < 4.78 is 16.7. The third-order valence-electron chi connectivity index (χ3n) is 5.24. The average molecular weight is 426 g/mol. The largest absolute Gasteiger partial charge is 0.489 e. The molecule has 2 N–H and O–H groups in total. The van der Waals surface area contributed by atoms with Gasteiger partial charge in [-0.05, 0) is 35.7 Å². The fraction of sp³-hybridized carbons (Fsp3) is 0.160. The van der Waals surface area contributed by atoms with Gasteiger partial charge in [0.15, 0.2) is 0 Å². The van der Waals surface area contributed by atoms with Crippen LogP contribution in [-0.4, -0.2) is 24.2 Å². The smallest absolute Gasteiger partial charge is 0.278 e. The van der Waals surface area contributed by atoms with Crippen molar-refractivity contribution in [1.29, 1.82) is 5.26 Å². The summed E-state index contributed by atoms with van der Waals surface area (Å²) in [7, 11) is 2.98. The number of hydrogen-bond donors (Lipinski definition) is 1. The summed E-state index contributed by atoms with van der Waals surface area (Å²) in [5, 5.41) is 9.65. The number of ether oxygens (including phenoxy) is 3. The van der Waals surface area contributed by atoms with E-state index in [0.29, 0.717) is 34.5 Å². The van der Waals surface area contributed by atoms with Crippen LogP contribution in [0.15, 0.2) is 54.6 Å². The Morgan fingerprint density at radius 3 is 2.38 bits per heavy atom. The van der Waals surface area contributed by atoms with Crippen LogP contribution in [0.5, 0.6) is 17.5 Å². The van der Waals surface area contributed by atoms with Gasteiger partial charge in [-0.2, -0.15) is 5.26 Å². The number of rotatable bonds is 6. The molecule has 0 atom stereocenters. The predicted octanol–water partition coefficient (Wildman–Crippen LogP) is 4.66. The van der Waals surface area contributed by atoms with Gasteiger partial charge in [-0.15, -0.1) is 0 Å². The van der Waals surface area contributed by atoms with Crippen LogP contribution in [0.25, 0.3) is 22.2 Å². The van der Waals surface area contributed by atoms with Crippen LogP contribution in [0.1, 0.15) is 16.7 Å². The van der Waals surface area contributed by atoms with Crippen LogP contribution in [0.4, 0.5) is 5.69 Å². The lowest BCUT2D eigenvalue weighted by Gasteiger charge is -2.17. The van der Waals surface area contributed by atoms with Gasteiger partial charge in [0.05, 0.1) is 31.0 Å². The van der Waals surface area contributed by atoms with Crippen molar-refractivity contribution in [1.82, 2.24) is 9.97 Å². The SMILES string of the molecule is COc1nc2cc(C#N)c(N)c(-c3cccc(OCc4ccccc4)c3C)c2nc1OC. The summed E-state index contributed by atoms with van der Waals surface area (Å²) in [6.07, 6.45) is 0. The molecule has 0 spiro atoms. The van der Waals surface area contributed by atoms with Crippen molar-refractivity contribution < 1.29 is 14.2 Å². The monoisotopic (exact) mass is 426 g/mol. The molecule has 7 nitrogen and oxygen atoms in total. The molecular weight excluding hydrogens is 404 g/mol. The van der Waals surface area contributed by atoms with Crippen LogP contribution < -0.4 is 19.9 Å². The number of methoxy groups -OCH3 is 2. The van der Waals surface area contributed by atoms with Crippen LogP contribution in [-0.2, 0) is 6.61 Å². The molecule has 0 radical (unpaired) electrons. The molecule has 0 bridgehead atoms. The van der Waals surface area contributed by atoms with Crippen molar-refractivity contribution in [3.05, 3.63) is 71.3 Å². The highest BCUT2D eigenvalue weighted by atomic mass is 16.5. The number of nitrogen functional groups attached to an aromatic ring is 1. The first-order valence-electron chi connectivity index (χ1n) is 9.96. The van der Waals surface area contributed by atoms with E-state index in [1.165, 1.54) is 14.2 Å². The van der Waals surface area contributed by atoms with E-state index in [0.717, 1.165) is 22.4 Å². The lowest BCUT2D eigenvalue weighted by molar-refractivity contribution is 0.304. The number of hydrogen-bond acceptors (Lipinski definition) is 7. The Balaban J connectivity index is 1.89. The van der Waals surface area contributed by atoms with Crippen molar-refractivity contribution in [3.8, 4) is 34.7 Å². The molecule has 32 heavy (non-hydrogen) atoms. The summed E-state index contributed by atoms with van der Waals surface area (Å²) in [6.45, 7) is 2.39. The van der Waals surface area contributed by atoms with Gasteiger partial charge in [0, 0.05) is 5.56 Å². The summed E-state index contributed by atoms with van der Waals surface area (Å²) in [4.78, 5) is 9.08. The zero-order valence-corrected chi connectivity index (χ0v) is 18.0. The number of nitrogens with zero attached hydrogens (tertiary/aromatic N) is 3. The summed E-state index contributed by atoms with van der Waals surface area (Å²) in [6, 6.07) is 19.4. The Kier molecular flexibility index (Phi) is 5.77. The Hall–Kier alpha value is -4.31. The van der Waals surface area contributed by atoms with E-state index in [-0.39, 0.29) is 11.8 Å². The second-order valence-electron chi connectivity index (χ2n) is 7.14. The molecule has 160 valence electrons. The molecule has 0 saturated carbocycles. The van der Waals surface area contributed by atoms with Crippen LogP contribution in [0.3, 0.4) is 0 Å². The molecule has 0 amide bonds. The number of nitriles is 1. The second kappa shape index (κ2) is 8.82. The molecule has 4 aromatic rings. The normalized spacial score (nSPS) is 10.6. The highest BCUT2D eigenvalue weighted by Gasteiger charge is 2.21. The maximum Gasteiger partial charge on any atom is 0.278 e. The van der Waals surface area contributed by atoms with Crippen molar-refractivity contribution in [2.45, 2.75) is 13.5 Å². The van der Waals surface area contributed by atoms with Gasteiger partial charge in [0.25, 0.3) is 11.8 Å². The standard InChI is InChI=1S/C25H22N4O3/c1-15-18(10-7-11-20(15)32-14-16-8-5-4-6-9-16)21-22(27)17(13-26)12-19-23(21)29-25(31-3)24(28-19)30-2/h4-12H,14,27H2,1-3H3. The van der Waals surface area contributed by atoms with Crippen molar-refractivity contribution in [3.63, 3.8) is 0 Å². The fourth-order valence-electron chi connectivity index (χ4n) is 3.59. The molecule has 0 aliphatic heterocycles. The molecule has 1 aromatic heterocycles. The van der Waals surface area contributed by atoms with Gasteiger partial charge in [0.1, 0.15) is 23.9 Å². The first-order valence-corrected chi connectivity index (χ1v) is 9.96. The zero-order valence-electron chi connectivity index (χ0n) is 18.0. The third-order valence-corrected chi connectivity index (χ3v) is 5.24. The molecule has 3 aromatic carbocycles. The van der Waals surface area contributed by atoms with E-state index in [1.807, 2.05) is 55.5 Å². The van der Waals surface area contributed by atoms with Crippen LogP contribution >= 0.6 is 0 Å². The molecule has 1 heterocycles. The van der Waals surface area contributed by atoms with Gasteiger partial charge < -0.3 is 19.9 Å². The Labute approximate surface area is 186 Å². The Bertz CT molecular complexity index is 1330. The first-order chi connectivity index (χ1) is 15.6. The van der Waals surface area contributed by atoms with E-state index in [2.05, 4.69) is 16.0 Å². The van der Waals surface area contributed by atoms with E-state index in [4.69, 9.17) is 19.9 Å². The number of fused-ring (bicyclic) bond motifs is 1. The first kappa shape index (κ1) is 20.9. The number of nitrogens with two attached hydrogens (primary N) is 1. The minimum atomic E-state index is 0.233.